The minimum absolute atomic E-state index is 0.00979. The molecule has 0 radical (unpaired) electrons. The molecule has 3 N–H and O–H groups in total. The van der Waals surface area contributed by atoms with Crippen LogP contribution in [0.1, 0.15) is 25.8 Å². The van der Waals surface area contributed by atoms with Crippen molar-refractivity contribution in [1.29, 1.82) is 0 Å². The topological polar surface area (TPSA) is 73.8 Å². The summed E-state index contributed by atoms with van der Waals surface area (Å²) < 4.78 is 0. The van der Waals surface area contributed by atoms with Crippen molar-refractivity contribution in [2.24, 2.45) is 11.7 Å². The third-order valence-electron chi connectivity index (χ3n) is 4.18. The number of hydroxylamine groups is 2. The van der Waals surface area contributed by atoms with E-state index in [4.69, 9.17) is 5.73 Å². The van der Waals surface area contributed by atoms with Crippen LogP contribution in [0.25, 0.3) is 0 Å². The monoisotopic (exact) mass is 305 g/mol. The van der Waals surface area contributed by atoms with Gasteiger partial charge in [-0.2, -0.15) is 0 Å². The van der Waals surface area contributed by atoms with E-state index >= 15 is 0 Å². The van der Waals surface area contributed by atoms with Crippen LogP contribution in [0.3, 0.4) is 0 Å². The van der Waals surface area contributed by atoms with E-state index in [-0.39, 0.29) is 17.0 Å². The van der Waals surface area contributed by atoms with Crippen molar-refractivity contribution in [3.63, 3.8) is 0 Å². The first-order valence-corrected chi connectivity index (χ1v) is 8.09. The lowest BCUT2D eigenvalue weighted by Gasteiger charge is -2.42. The summed E-state index contributed by atoms with van der Waals surface area (Å²) >= 11 is 0. The molecule has 5 heteroatoms. The van der Waals surface area contributed by atoms with Crippen LogP contribution in [0.5, 0.6) is 0 Å². The number of amides is 1. The van der Waals surface area contributed by atoms with Gasteiger partial charge >= 0.3 is 0 Å². The van der Waals surface area contributed by atoms with E-state index in [1.54, 1.807) is 0 Å². The van der Waals surface area contributed by atoms with E-state index < -0.39 is 6.04 Å². The summed E-state index contributed by atoms with van der Waals surface area (Å²) in [5, 5.41) is 12.0. The average Bonchev–Trinajstić information content (AvgIpc) is 2.47. The number of nitrogens with zero attached hydrogens (tertiary/aromatic N) is 1. The van der Waals surface area contributed by atoms with Crippen LogP contribution in [0.4, 0.5) is 0 Å². The molecule has 1 aliphatic heterocycles. The lowest BCUT2D eigenvalue weighted by molar-refractivity contribution is -0.856. The van der Waals surface area contributed by atoms with E-state index in [0.717, 1.165) is 12.0 Å². The van der Waals surface area contributed by atoms with E-state index in [1.165, 1.54) is 0 Å². The van der Waals surface area contributed by atoms with Gasteiger partial charge < -0.3 is 20.9 Å². The number of nitrogens with two attached hydrogens (primary N) is 1. The number of carbonyl (C=O) groups is 1. The minimum atomic E-state index is -0.537. The zero-order valence-electron chi connectivity index (χ0n) is 13.5. The SMILES string of the molecule is CC(C)CC1C[NH+]([O-])CCN1C(=O)[C@@H](N)Cc1ccccc1. The van der Waals surface area contributed by atoms with Crippen molar-refractivity contribution in [2.75, 3.05) is 19.6 Å². The van der Waals surface area contributed by atoms with Gasteiger partial charge in [0.1, 0.15) is 0 Å². The molecule has 5 nitrogen and oxygen atoms in total. The number of hydrogen-bond acceptors (Lipinski definition) is 3. The molecule has 3 atom stereocenters. The van der Waals surface area contributed by atoms with Gasteiger partial charge in [0, 0.05) is 0 Å². The Kier molecular flexibility index (Phi) is 5.94. The highest BCUT2D eigenvalue weighted by Crippen LogP contribution is 2.14. The van der Waals surface area contributed by atoms with Gasteiger partial charge in [0.25, 0.3) is 0 Å². The zero-order chi connectivity index (χ0) is 16.1. The summed E-state index contributed by atoms with van der Waals surface area (Å²) in [5.41, 5.74) is 7.20. The van der Waals surface area contributed by atoms with Crippen molar-refractivity contribution >= 4 is 5.91 Å². The van der Waals surface area contributed by atoms with Gasteiger partial charge in [0.2, 0.25) is 5.91 Å². The smallest absolute Gasteiger partial charge is 0.240 e. The molecule has 2 rings (SSSR count). The number of benzene rings is 1. The lowest BCUT2D eigenvalue weighted by Crippen LogP contribution is -3.11. The molecule has 1 fully saturated rings. The molecule has 0 spiro atoms. The van der Waals surface area contributed by atoms with Crippen LogP contribution in [0.15, 0.2) is 30.3 Å². The van der Waals surface area contributed by atoms with Crippen LogP contribution >= 0.6 is 0 Å². The van der Waals surface area contributed by atoms with Gasteiger partial charge in [0.15, 0.2) is 0 Å². The maximum absolute atomic E-state index is 12.7. The molecule has 1 aromatic carbocycles. The Bertz CT molecular complexity index is 476. The van der Waals surface area contributed by atoms with E-state index in [1.807, 2.05) is 35.2 Å². The van der Waals surface area contributed by atoms with Crippen molar-refractivity contribution in [3.8, 4) is 0 Å². The molecule has 1 amide bonds. The molecule has 0 aliphatic carbocycles. The molecule has 1 aliphatic rings. The number of rotatable bonds is 5. The third-order valence-corrected chi connectivity index (χ3v) is 4.18. The Morgan fingerprint density at radius 2 is 2.09 bits per heavy atom. The van der Waals surface area contributed by atoms with Crippen molar-refractivity contribution in [1.82, 2.24) is 4.90 Å². The second-order valence-corrected chi connectivity index (χ2v) is 6.60. The van der Waals surface area contributed by atoms with Gasteiger partial charge in [-0.15, -0.1) is 0 Å². The third kappa shape index (κ3) is 4.53. The molecule has 1 saturated heterocycles. The van der Waals surface area contributed by atoms with E-state index in [0.29, 0.717) is 32.0 Å². The number of hydrogen-bond donors (Lipinski definition) is 2. The lowest BCUT2D eigenvalue weighted by atomic mass is 9.98. The summed E-state index contributed by atoms with van der Waals surface area (Å²) in [5.74, 6) is 0.429. The van der Waals surface area contributed by atoms with Crippen LogP contribution < -0.4 is 10.8 Å². The number of quaternary nitrogens is 1. The molecular formula is C17H27N3O2. The fourth-order valence-corrected chi connectivity index (χ4v) is 3.12. The predicted molar refractivity (Wildman–Crippen MR) is 87.1 cm³/mol. The number of carbonyl (C=O) groups excluding carboxylic acids is 1. The summed E-state index contributed by atoms with van der Waals surface area (Å²) in [6.45, 7) is 5.68. The maximum Gasteiger partial charge on any atom is 0.240 e. The van der Waals surface area contributed by atoms with Crippen LogP contribution in [0.2, 0.25) is 0 Å². The molecule has 0 bridgehead atoms. The highest BCUT2D eigenvalue weighted by molar-refractivity contribution is 5.82. The van der Waals surface area contributed by atoms with Crippen molar-refractivity contribution < 1.29 is 9.86 Å². The van der Waals surface area contributed by atoms with E-state index in [2.05, 4.69) is 13.8 Å². The van der Waals surface area contributed by atoms with E-state index in [9.17, 15) is 10.0 Å². The second kappa shape index (κ2) is 7.72. The maximum atomic E-state index is 12.7. The molecule has 122 valence electrons. The normalized spacial score (nSPS) is 23.6. The first kappa shape index (κ1) is 16.9. The molecule has 1 aromatic rings. The van der Waals surface area contributed by atoms with Crippen LogP contribution in [-0.4, -0.2) is 42.5 Å². The fraction of sp³-hybridized carbons (Fsp3) is 0.588. The first-order chi connectivity index (χ1) is 10.5. The quantitative estimate of drug-likeness (QED) is 0.763. The van der Waals surface area contributed by atoms with Gasteiger partial charge in [-0.3, -0.25) is 4.79 Å². The zero-order valence-corrected chi connectivity index (χ0v) is 13.5. The Morgan fingerprint density at radius 3 is 2.73 bits per heavy atom. The second-order valence-electron chi connectivity index (χ2n) is 6.60. The molecular weight excluding hydrogens is 278 g/mol. The average molecular weight is 305 g/mol. The van der Waals surface area contributed by atoms with Gasteiger partial charge in [-0.05, 0) is 24.3 Å². The predicted octanol–water partition coefficient (Wildman–Crippen LogP) is 0.196. The Hall–Kier alpha value is -1.43. The molecule has 2 unspecified atom stereocenters. The molecule has 0 saturated carbocycles. The minimum Gasteiger partial charge on any atom is -0.634 e. The first-order valence-electron chi connectivity index (χ1n) is 8.09. The van der Waals surface area contributed by atoms with Crippen molar-refractivity contribution in [3.05, 3.63) is 41.1 Å². The van der Waals surface area contributed by atoms with Gasteiger partial charge in [-0.1, -0.05) is 44.2 Å². The molecule has 1 heterocycles. The van der Waals surface area contributed by atoms with Crippen LogP contribution in [-0.2, 0) is 11.2 Å². The fourth-order valence-electron chi connectivity index (χ4n) is 3.12. The standard InChI is InChI=1S/C17H27N3O2/c1-13(2)10-15-12-19(22)8-9-20(15)17(21)16(18)11-14-6-4-3-5-7-14/h3-7,13,15-16,19H,8-12,18H2,1-2H3/t15?,16-/m0/s1. The number of nitrogens with one attached hydrogen (secondary N) is 1. The number of piperazine rings is 1. The Balaban J connectivity index is 2.02. The van der Waals surface area contributed by atoms with Gasteiger partial charge in [0.05, 0.1) is 31.7 Å². The van der Waals surface area contributed by atoms with Gasteiger partial charge in [-0.25, -0.2) is 0 Å². The largest absolute Gasteiger partial charge is 0.634 e. The van der Waals surface area contributed by atoms with Crippen LogP contribution in [0, 0.1) is 11.1 Å². The molecule has 22 heavy (non-hydrogen) atoms. The summed E-state index contributed by atoms with van der Waals surface area (Å²) in [6, 6.07) is 9.30. The molecule has 0 aromatic heterocycles. The van der Waals surface area contributed by atoms with Crippen molar-refractivity contribution in [2.45, 2.75) is 38.8 Å². The Labute approximate surface area is 132 Å². The summed E-state index contributed by atoms with van der Waals surface area (Å²) in [7, 11) is 0. The highest BCUT2D eigenvalue weighted by Gasteiger charge is 2.33. The highest BCUT2D eigenvalue weighted by atomic mass is 16.5. The summed E-state index contributed by atoms with van der Waals surface area (Å²) in [4.78, 5) is 14.5. The summed E-state index contributed by atoms with van der Waals surface area (Å²) in [6.07, 6.45) is 1.40. The Morgan fingerprint density at radius 1 is 1.41 bits per heavy atom.